The third kappa shape index (κ3) is 5.11. The minimum absolute atomic E-state index is 0.0963. The number of aryl methyl sites for hydroxylation is 2. The lowest BCUT2D eigenvalue weighted by Gasteiger charge is -2.32. The number of hydrogen-bond donors (Lipinski definition) is 1. The highest BCUT2D eigenvalue weighted by Gasteiger charge is 2.34. The SMILES string of the molecule is Cc1ccc(C)c(N(C(=O)Cn2nnc3ccccc32)[C@@H](C(=O)NCc2ccco2)c2ccncc2)c1. The molecule has 186 valence electrons. The third-order valence-corrected chi connectivity index (χ3v) is 6.14. The van der Waals surface area contributed by atoms with Gasteiger partial charge in [0.05, 0.1) is 18.3 Å². The number of furan rings is 1. The lowest BCUT2D eigenvalue weighted by Crippen LogP contribution is -2.45. The molecule has 37 heavy (non-hydrogen) atoms. The Morgan fingerprint density at radius 2 is 1.84 bits per heavy atom. The van der Waals surface area contributed by atoms with Gasteiger partial charge in [0.25, 0.3) is 0 Å². The largest absolute Gasteiger partial charge is 0.467 e. The van der Waals surface area contributed by atoms with Gasteiger partial charge in [-0.15, -0.1) is 5.10 Å². The van der Waals surface area contributed by atoms with Crippen molar-refractivity contribution in [1.82, 2.24) is 25.3 Å². The van der Waals surface area contributed by atoms with E-state index in [0.717, 1.165) is 16.6 Å². The lowest BCUT2D eigenvalue weighted by atomic mass is 10.0. The van der Waals surface area contributed by atoms with Gasteiger partial charge in [-0.1, -0.05) is 29.5 Å². The monoisotopic (exact) mass is 494 g/mol. The van der Waals surface area contributed by atoms with Crippen LogP contribution in [0.15, 0.2) is 89.8 Å². The molecule has 0 fully saturated rings. The van der Waals surface area contributed by atoms with Crippen LogP contribution in [-0.4, -0.2) is 31.8 Å². The summed E-state index contributed by atoms with van der Waals surface area (Å²) in [5.74, 6) is -0.0415. The molecule has 5 rings (SSSR count). The second kappa shape index (κ2) is 10.4. The number of pyridine rings is 1. The van der Waals surface area contributed by atoms with Crippen molar-refractivity contribution in [3.05, 3.63) is 108 Å². The van der Waals surface area contributed by atoms with Gasteiger partial charge < -0.3 is 9.73 Å². The zero-order valence-electron chi connectivity index (χ0n) is 20.5. The Morgan fingerprint density at radius 1 is 1.03 bits per heavy atom. The Bertz CT molecular complexity index is 1530. The summed E-state index contributed by atoms with van der Waals surface area (Å²) in [4.78, 5) is 33.5. The molecule has 0 bridgehead atoms. The number of anilines is 1. The average molecular weight is 495 g/mol. The van der Waals surface area contributed by atoms with Crippen molar-refractivity contribution < 1.29 is 14.0 Å². The molecule has 2 aromatic carbocycles. The first-order valence-corrected chi connectivity index (χ1v) is 11.9. The Balaban J connectivity index is 1.58. The summed E-state index contributed by atoms with van der Waals surface area (Å²) in [7, 11) is 0. The smallest absolute Gasteiger partial charge is 0.249 e. The molecule has 0 spiro atoms. The molecule has 3 aromatic heterocycles. The van der Waals surface area contributed by atoms with Crippen molar-refractivity contribution in [3.63, 3.8) is 0 Å². The Kier molecular flexibility index (Phi) is 6.76. The quantitative estimate of drug-likeness (QED) is 0.348. The fraction of sp³-hybridized carbons (Fsp3) is 0.179. The van der Waals surface area contributed by atoms with Crippen LogP contribution >= 0.6 is 0 Å². The molecule has 0 saturated carbocycles. The first kappa shape index (κ1) is 23.9. The topological polar surface area (TPSA) is 106 Å². The van der Waals surface area contributed by atoms with Crippen LogP contribution in [0.3, 0.4) is 0 Å². The second-order valence-electron chi connectivity index (χ2n) is 8.77. The summed E-state index contributed by atoms with van der Waals surface area (Å²) in [5.41, 5.74) is 4.53. The number of para-hydroxylation sites is 1. The van der Waals surface area contributed by atoms with Gasteiger partial charge in [0.1, 0.15) is 23.9 Å². The van der Waals surface area contributed by atoms with Gasteiger partial charge >= 0.3 is 0 Å². The van der Waals surface area contributed by atoms with Crippen molar-refractivity contribution in [2.45, 2.75) is 33.0 Å². The maximum absolute atomic E-state index is 14.1. The van der Waals surface area contributed by atoms with Gasteiger partial charge in [-0.25, -0.2) is 4.68 Å². The van der Waals surface area contributed by atoms with Gasteiger partial charge in [0.15, 0.2) is 0 Å². The molecule has 1 atom stereocenters. The van der Waals surface area contributed by atoms with E-state index in [9.17, 15) is 9.59 Å². The molecule has 3 heterocycles. The van der Waals surface area contributed by atoms with E-state index < -0.39 is 6.04 Å². The fourth-order valence-corrected chi connectivity index (χ4v) is 4.28. The highest BCUT2D eigenvalue weighted by molar-refractivity contribution is 6.02. The number of carbonyl (C=O) groups is 2. The van der Waals surface area contributed by atoms with E-state index in [-0.39, 0.29) is 24.9 Å². The van der Waals surface area contributed by atoms with Crippen LogP contribution in [0.1, 0.15) is 28.5 Å². The number of hydrogen-bond acceptors (Lipinski definition) is 6. The minimum Gasteiger partial charge on any atom is -0.467 e. The summed E-state index contributed by atoms with van der Waals surface area (Å²) in [6.45, 7) is 3.97. The number of nitrogens with one attached hydrogen (secondary N) is 1. The maximum atomic E-state index is 14.1. The molecule has 1 N–H and O–H groups in total. The van der Waals surface area contributed by atoms with Crippen molar-refractivity contribution >= 4 is 28.5 Å². The Morgan fingerprint density at radius 3 is 2.62 bits per heavy atom. The average Bonchev–Trinajstić information content (AvgIpc) is 3.58. The van der Waals surface area contributed by atoms with Crippen molar-refractivity contribution in [1.29, 1.82) is 0 Å². The summed E-state index contributed by atoms with van der Waals surface area (Å²) >= 11 is 0. The number of fused-ring (bicyclic) bond motifs is 1. The van der Waals surface area contributed by atoms with Crippen molar-refractivity contribution in [2.24, 2.45) is 0 Å². The molecule has 0 radical (unpaired) electrons. The molecule has 0 unspecified atom stereocenters. The van der Waals surface area contributed by atoms with Crippen LogP contribution in [-0.2, 0) is 22.7 Å². The second-order valence-corrected chi connectivity index (χ2v) is 8.77. The van der Waals surface area contributed by atoms with Crippen LogP contribution in [0.2, 0.25) is 0 Å². The predicted octanol–water partition coefficient (Wildman–Crippen LogP) is 4.13. The van der Waals surface area contributed by atoms with Crippen LogP contribution in [0.4, 0.5) is 5.69 Å². The number of benzene rings is 2. The number of aromatic nitrogens is 4. The van der Waals surface area contributed by atoms with E-state index in [2.05, 4.69) is 20.6 Å². The normalized spacial score (nSPS) is 11.8. The van der Waals surface area contributed by atoms with Crippen LogP contribution < -0.4 is 10.2 Å². The van der Waals surface area contributed by atoms with E-state index >= 15 is 0 Å². The molecule has 9 heteroatoms. The molecular weight excluding hydrogens is 468 g/mol. The molecule has 0 saturated heterocycles. The van der Waals surface area contributed by atoms with E-state index in [1.807, 2.05) is 56.3 Å². The van der Waals surface area contributed by atoms with E-state index in [4.69, 9.17) is 4.42 Å². The summed E-state index contributed by atoms with van der Waals surface area (Å²) in [6.07, 6.45) is 4.77. The fourth-order valence-electron chi connectivity index (χ4n) is 4.28. The van der Waals surface area contributed by atoms with E-state index in [1.54, 1.807) is 52.5 Å². The van der Waals surface area contributed by atoms with Gasteiger partial charge in [-0.3, -0.25) is 19.5 Å². The number of carbonyl (C=O) groups excluding carboxylic acids is 2. The maximum Gasteiger partial charge on any atom is 0.249 e. The van der Waals surface area contributed by atoms with E-state index in [0.29, 0.717) is 22.5 Å². The first-order chi connectivity index (χ1) is 18.0. The molecule has 9 nitrogen and oxygen atoms in total. The molecule has 2 amide bonds. The van der Waals surface area contributed by atoms with Crippen LogP contribution in [0.5, 0.6) is 0 Å². The van der Waals surface area contributed by atoms with Gasteiger partial charge in [0.2, 0.25) is 11.8 Å². The summed E-state index contributed by atoms with van der Waals surface area (Å²) in [5, 5.41) is 11.3. The lowest BCUT2D eigenvalue weighted by molar-refractivity contribution is -0.127. The number of rotatable bonds is 8. The highest BCUT2D eigenvalue weighted by atomic mass is 16.3. The zero-order valence-corrected chi connectivity index (χ0v) is 20.5. The molecule has 0 aliphatic carbocycles. The van der Waals surface area contributed by atoms with Gasteiger partial charge in [0, 0.05) is 18.1 Å². The molecular formula is C28H26N6O3. The number of nitrogens with zero attached hydrogens (tertiary/aromatic N) is 5. The molecule has 0 aliphatic heterocycles. The van der Waals surface area contributed by atoms with Crippen molar-refractivity contribution in [3.8, 4) is 0 Å². The third-order valence-electron chi connectivity index (χ3n) is 6.14. The highest BCUT2D eigenvalue weighted by Crippen LogP contribution is 2.32. The first-order valence-electron chi connectivity index (χ1n) is 11.9. The van der Waals surface area contributed by atoms with Crippen LogP contribution in [0.25, 0.3) is 11.0 Å². The van der Waals surface area contributed by atoms with Crippen molar-refractivity contribution in [2.75, 3.05) is 4.90 Å². The van der Waals surface area contributed by atoms with Gasteiger partial charge in [-0.2, -0.15) is 0 Å². The van der Waals surface area contributed by atoms with Crippen LogP contribution in [0, 0.1) is 13.8 Å². The minimum atomic E-state index is -0.958. The number of amides is 2. The Hall–Kier alpha value is -4.79. The predicted molar refractivity (Wildman–Crippen MR) is 138 cm³/mol. The molecule has 5 aromatic rings. The van der Waals surface area contributed by atoms with Gasteiger partial charge in [-0.05, 0) is 73.0 Å². The summed E-state index contributed by atoms with van der Waals surface area (Å²) < 4.78 is 6.94. The zero-order chi connectivity index (χ0) is 25.8. The Labute approximate surface area is 213 Å². The van der Waals surface area contributed by atoms with E-state index in [1.165, 1.54) is 0 Å². The standard InChI is InChI=1S/C28H26N6O3/c1-19-9-10-20(2)25(16-19)34(26(35)18-33-24-8-4-3-7-23(24)31-32-33)27(21-11-13-29-14-12-21)28(36)30-17-22-6-5-15-37-22/h3-16,27H,17-18H2,1-2H3,(H,30,36)/t27-/m1/s1. The summed E-state index contributed by atoms with van der Waals surface area (Å²) in [6, 6.07) is 19.4. The molecule has 0 aliphatic rings.